The van der Waals surface area contributed by atoms with Crippen molar-refractivity contribution in [3.63, 3.8) is 0 Å². The molecule has 1 N–H and O–H groups in total. The molecule has 18 heavy (non-hydrogen) atoms. The van der Waals surface area contributed by atoms with Crippen molar-refractivity contribution in [2.75, 3.05) is 26.2 Å². The molecule has 0 aromatic rings. The van der Waals surface area contributed by atoms with E-state index in [1.807, 2.05) is 20.8 Å². The molecule has 2 saturated heterocycles. The molecule has 0 aliphatic carbocycles. The lowest BCUT2D eigenvalue weighted by atomic mass is 10.1. The van der Waals surface area contributed by atoms with Crippen molar-refractivity contribution in [2.45, 2.75) is 51.4 Å². The predicted molar refractivity (Wildman–Crippen MR) is 68.6 cm³/mol. The highest BCUT2D eigenvalue weighted by atomic mass is 16.6. The van der Waals surface area contributed by atoms with Crippen LogP contribution in [0.25, 0.3) is 0 Å². The molecule has 0 aromatic heterocycles. The molecule has 0 bridgehead atoms. The van der Waals surface area contributed by atoms with E-state index in [4.69, 9.17) is 9.47 Å². The summed E-state index contributed by atoms with van der Waals surface area (Å²) in [4.78, 5) is 13.4. The number of carbonyl (C=O) groups is 1. The van der Waals surface area contributed by atoms with Gasteiger partial charge in [0.1, 0.15) is 5.60 Å². The van der Waals surface area contributed by atoms with Gasteiger partial charge in [-0.3, -0.25) is 0 Å². The van der Waals surface area contributed by atoms with Gasteiger partial charge in [-0.05, 0) is 46.7 Å². The molecule has 5 heteroatoms. The zero-order valence-electron chi connectivity index (χ0n) is 11.6. The first kappa shape index (κ1) is 13.6. The standard InChI is InChI=1S/C13H24N2O3/c1-13(2,3)18-12(16)15-8-11(9-15)17-10-4-6-14-7-5-10/h10-11,14H,4-9H2,1-3H3. The Morgan fingerprint density at radius 1 is 1.17 bits per heavy atom. The number of nitrogens with one attached hydrogen (secondary N) is 1. The minimum absolute atomic E-state index is 0.195. The molecule has 104 valence electrons. The van der Waals surface area contributed by atoms with Crippen molar-refractivity contribution >= 4 is 6.09 Å². The second kappa shape index (κ2) is 5.45. The Balaban J connectivity index is 1.65. The Bertz CT molecular complexity index is 289. The third kappa shape index (κ3) is 3.85. The highest BCUT2D eigenvalue weighted by Gasteiger charge is 2.35. The van der Waals surface area contributed by atoms with Gasteiger partial charge in [-0.15, -0.1) is 0 Å². The summed E-state index contributed by atoms with van der Waals surface area (Å²) in [6.45, 7) is 9.05. The van der Waals surface area contributed by atoms with E-state index in [-0.39, 0.29) is 12.2 Å². The van der Waals surface area contributed by atoms with Crippen molar-refractivity contribution in [3.8, 4) is 0 Å². The number of likely N-dealkylation sites (tertiary alicyclic amines) is 1. The van der Waals surface area contributed by atoms with E-state index in [0.29, 0.717) is 19.2 Å². The average molecular weight is 256 g/mol. The van der Waals surface area contributed by atoms with Crippen LogP contribution in [0.4, 0.5) is 4.79 Å². The van der Waals surface area contributed by atoms with Gasteiger partial charge in [-0.1, -0.05) is 0 Å². The van der Waals surface area contributed by atoms with E-state index < -0.39 is 5.60 Å². The number of amides is 1. The fraction of sp³-hybridized carbons (Fsp3) is 0.923. The normalized spacial score (nSPS) is 22.7. The summed E-state index contributed by atoms with van der Waals surface area (Å²) in [5, 5.41) is 3.31. The van der Waals surface area contributed by atoms with E-state index in [1.165, 1.54) is 0 Å². The van der Waals surface area contributed by atoms with E-state index in [0.717, 1.165) is 25.9 Å². The number of carbonyl (C=O) groups excluding carboxylic acids is 1. The summed E-state index contributed by atoms with van der Waals surface area (Å²) in [5.41, 5.74) is -0.419. The first-order valence-corrected chi connectivity index (χ1v) is 6.78. The lowest BCUT2D eigenvalue weighted by Gasteiger charge is -2.41. The highest BCUT2D eigenvalue weighted by Crippen LogP contribution is 2.20. The summed E-state index contributed by atoms with van der Waals surface area (Å²) in [6.07, 6.45) is 2.47. The van der Waals surface area contributed by atoms with Crippen LogP contribution >= 0.6 is 0 Å². The topological polar surface area (TPSA) is 50.8 Å². The van der Waals surface area contributed by atoms with Gasteiger partial charge < -0.3 is 19.7 Å². The fourth-order valence-corrected chi connectivity index (χ4v) is 2.20. The Kier molecular flexibility index (Phi) is 4.12. The molecule has 0 radical (unpaired) electrons. The summed E-state index contributed by atoms with van der Waals surface area (Å²) < 4.78 is 11.2. The van der Waals surface area contributed by atoms with Crippen LogP contribution in [0.2, 0.25) is 0 Å². The third-order valence-corrected chi connectivity index (χ3v) is 3.17. The Morgan fingerprint density at radius 2 is 1.78 bits per heavy atom. The van der Waals surface area contributed by atoms with Crippen LogP contribution < -0.4 is 5.32 Å². The van der Waals surface area contributed by atoms with Gasteiger partial charge in [0.2, 0.25) is 0 Å². The summed E-state index contributed by atoms with van der Waals surface area (Å²) in [7, 11) is 0. The van der Waals surface area contributed by atoms with E-state index in [2.05, 4.69) is 5.32 Å². The van der Waals surface area contributed by atoms with Crippen LogP contribution in [-0.4, -0.2) is 55.0 Å². The number of rotatable bonds is 2. The molecular formula is C13H24N2O3. The molecule has 1 amide bonds. The SMILES string of the molecule is CC(C)(C)OC(=O)N1CC(OC2CCNCC2)C1. The number of piperidine rings is 1. The third-order valence-electron chi connectivity index (χ3n) is 3.17. The maximum Gasteiger partial charge on any atom is 0.410 e. The van der Waals surface area contributed by atoms with Gasteiger partial charge in [0.05, 0.1) is 25.3 Å². The molecule has 0 atom stereocenters. The molecule has 0 spiro atoms. The first-order chi connectivity index (χ1) is 8.44. The van der Waals surface area contributed by atoms with Crippen LogP contribution in [0.15, 0.2) is 0 Å². The van der Waals surface area contributed by atoms with Crippen LogP contribution in [0, 0.1) is 0 Å². The fourth-order valence-electron chi connectivity index (χ4n) is 2.20. The van der Waals surface area contributed by atoms with Crippen LogP contribution in [0.5, 0.6) is 0 Å². The van der Waals surface area contributed by atoms with Crippen molar-refractivity contribution in [2.24, 2.45) is 0 Å². The van der Waals surface area contributed by atoms with E-state index in [9.17, 15) is 4.79 Å². The van der Waals surface area contributed by atoms with Gasteiger partial charge in [-0.25, -0.2) is 4.79 Å². The quantitative estimate of drug-likeness (QED) is 0.811. The number of hydrogen-bond donors (Lipinski definition) is 1. The molecular weight excluding hydrogens is 232 g/mol. The largest absolute Gasteiger partial charge is 0.444 e. The average Bonchev–Trinajstić information content (AvgIpc) is 2.21. The van der Waals surface area contributed by atoms with Gasteiger partial charge >= 0.3 is 6.09 Å². The number of ether oxygens (including phenoxy) is 2. The van der Waals surface area contributed by atoms with Crippen molar-refractivity contribution in [1.82, 2.24) is 10.2 Å². The van der Waals surface area contributed by atoms with Crippen molar-refractivity contribution in [1.29, 1.82) is 0 Å². The van der Waals surface area contributed by atoms with Gasteiger partial charge in [0.25, 0.3) is 0 Å². The minimum Gasteiger partial charge on any atom is -0.444 e. The first-order valence-electron chi connectivity index (χ1n) is 6.78. The number of nitrogens with zero attached hydrogens (tertiary/aromatic N) is 1. The lowest BCUT2D eigenvalue weighted by Crippen LogP contribution is -2.57. The molecule has 5 nitrogen and oxygen atoms in total. The van der Waals surface area contributed by atoms with Gasteiger partial charge in [0.15, 0.2) is 0 Å². The number of hydrogen-bond acceptors (Lipinski definition) is 4. The van der Waals surface area contributed by atoms with Crippen LogP contribution in [-0.2, 0) is 9.47 Å². The molecule has 2 aliphatic rings. The molecule has 0 aromatic carbocycles. The Labute approximate surface area is 109 Å². The summed E-state index contributed by atoms with van der Waals surface area (Å²) in [5.74, 6) is 0. The smallest absolute Gasteiger partial charge is 0.410 e. The zero-order chi connectivity index (χ0) is 13.2. The molecule has 0 unspecified atom stereocenters. The zero-order valence-corrected chi connectivity index (χ0v) is 11.6. The van der Waals surface area contributed by atoms with Crippen molar-refractivity contribution in [3.05, 3.63) is 0 Å². The molecule has 2 rings (SSSR count). The van der Waals surface area contributed by atoms with Crippen LogP contribution in [0.3, 0.4) is 0 Å². The van der Waals surface area contributed by atoms with Gasteiger partial charge in [0, 0.05) is 0 Å². The van der Waals surface area contributed by atoms with E-state index >= 15 is 0 Å². The molecule has 2 heterocycles. The maximum atomic E-state index is 11.7. The maximum absolute atomic E-state index is 11.7. The Morgan fingerprint density at radius 3 is 2.33 bits per heavy atom. The molecule has 2 fully saturated rings. The molecule has 0 saturated carbocycles. The second-order valence-corrected chi connectivity index (χ2v) is 6.09. The van der Waals surface area contributed by atoms with Crippen LogP contribution in [0.1, 0.15) is 33.6 Å². The Hall–Kier alpha value is -0.810. The highest BCUT2D eigenvalue weighted by molar-refractivity contribution is 5.69. The molecule has 2 aliphatic heterocycles. The monoisotopic (exact) mass is 256 g/mol. The minimum atomic E-state index is -0.419. The summed E-state index contributed by atoms with van der Waals surface area (Å²) >= 11 is 0. The van der Waals surface area contributed by atoms with Crippen molar-refractivity contribution < 1.29 is 14.3 Å². The van der Waals surface area contributed by atoms with Gasteiger partial charge in [-0.2, -0.15) is 0 Å². The lowest BCUT2D eigenvalue weighted by molar-refractivity contribution is -0.0994. The summed E-state index contributed by atoms with van der Waals surface area (Å²) in [6, 6.07) is 0. The predicted octanol–water partition coefficient (Wildman–Crippen LogP) is 1.37. The van der Waals surface area contributed by atoms with E-state index in [1.54, 1.807) is 4.90 Å². The second-order valence-electron chi connectivity index (χ2n) is 6.09.